The fraction of sp³-hybridized carbons (Fsp3) is 0.385. The van der Waals surface area contributed by atoms with E-state index >= 15 is 0 Å². The first-order valence-electron chi connectivity index (χ1n) is 11.9. The number of nitrogens with one attached hydrogen (secondary N) is 1. The average Bonchev–Trinajstić information content (AvgIpc) is 3.32. The summed E-state index contributed by atoms with van der Waals surface area (Å²) in [6.45, 7) is 7.31. The maximum absolute atomic E-state index is 11.1. The lowest BCUT2D eigenvalue weighted by Gasteiger charge is -2.50. The Morgan fingerprint density at radius 1 is 1.09 bits per heavy atom. The van der Waals surface area contributed by atoms with E-state index in [2.05, 4.69) is 84.3 Å². The summed E-state index contributed by atoms with van der Waals surface area (Å²) >= 11 is 0. The molecule has 2 aliphatic rings. The molecular formula is C26H33N5O2Si. The highest BCUT2D eigenvalue weighted by atomic mass is 28.4. The minimum atomic E-state index is -2.63. The summed E-state index contributed by atoms with van der Waals surface area (Å²) < 4.78 is 7.03. The number of nitrogens with two attached hydrogens (primary N) is 1. The number of fused-ring (bicyclic) bond motifs is 1. The molecule has 1 fully saturated rings. The quantitative estimate of drug-likeness (QED) is 0.476. The fourth-order valence-corrected chi connectivity index (χ4v) is 10.0. The monoisotopic (exact) mass is 475 g/mol. The lowest BCUT2D eigenvalue weighted by molar-refractivity contribution is -0.0755. The number of aliphatic imine (C=N–C) groups is 1. The Kier molecular flexibility index (Phi) is 5.93. The number of hydrogen-bond acceptors (Lipinski definition) is 6. The summed E-state index contributed by atoms with van der Waals surface area (Å²) in [7, 11) is -2.63. The van der Waals surface area contributed by atoms with Crippen LogP contribution >= 0.6 is 0 Å². The van der Waals surface area contributed by atoms with Crippen molar-refractivity contribution in [3.63, 3.8) is 0 Å². The molecule has 4 atom stereocenters. The van der Waals surface area contributed by atoms with Crippen molar-refractivity contribution in [2.24, 2.45) is 16.6 Å². The summed E-state index contributed by atoms with van der Waals surface area (Å²) in [6.07, 6.45) is 3.17. The predicted molar refractivity (Wildman–Crippen MR) is 137 cm³/mol. The first-order chi connectivity index (χ1) is 16.3. The van der Waals surface area contributed by atoms with E-state index in [1.54, 1.807) is 12.7 Å². The van der Waals surface area contributed by atoms with Crippen LogP contribution in [0.1, 0.15) is 39.1 Å². The van der Waals surface area contributed by atoms with Gasteiger partial charge in [-0.15, -0.1) is 0 Å². The molecule has 3 aromatic rings. The molecular weight excluding hydrogens is 442 g/mol. The molecule has 0 bridgehead atoms. The number of hydrogen-bond donors (Lipinski definition) is 3. The van der Waals surface area contributed by atoms with E-state index in [-0.39, 0.29) is 17.0 Å². The SMILES string of the molecule is CC(C)(C)[Si](OCC1CC(N2C=Nc3nc[nH]c3C2N)C1O)(c1ccccc1)c1ccccc1. The zero-order chi connectivity index (χ0) is 23.9. The normalized spacial score (nSPS) is 24.6. The van der Waals surface area contributed by atoms with Gasteiger partial charge in [0.15, 0.2) is 5.82 Å². The molecule has 178 valence electrons. The van der Waals surface area contributed by atoms with Gasteiger partial charge in [0.25, 0.3) is 8.32 Å². The number of nitrogens with zero attached hydrogens (tertiary/aromatic N) is 3. The molecule has 1 saturated carbocycles. The van der Waals surface area contributed by atoms with E-state index in [1.165, 1.54) is 10.4 Å². The number of imidazole rings is 1. The van der Waals surface area contributed by atoms with E-state index in [9.17, 15) is 5.11 Å². The highest BCUT2D eigenvalue weighted by Gasteiger charge is 2.52. The molecule has 1 aliphatic heterocycles. The van der Waals surface area contributed by atoms with Gasteiger partial charge in [-0.05, 0) is 21.8 Å². The number of aliphatic hydroxyl groups is 1. The smallest absolute Gasteiger partial charge is 0.261 e. The number of benzene rings is 2. The maximum atomic E-state index is 11.1. The van der Waals surface area contributed by atoms with Gasteiger partial charge in [0.1, 0.15) is 6.17 Å². The van der Waals surface area contributed by atoms with Crippen LogP contribution in [0.2, 0.25) is 5.04 Å². The van der Waals surface area contributed by atoms with Crippen LogP contribution < -0.4 is 16.1 Å². The highest BCUT2D eigenvalue weighted by molar-refractivity contribution is 6.99. The molecule has 2 aromatic carbocycles. The van der Waals surface area contributed by atoms with Crippen LogP contribution in [0.5, 0.6) is 0 Å². The minimum Gasteiger partial charge on any atom is -0.407 e. The molecule has 2 heterocycles. The lowest BCUT2D eigenvalue weighted by atomic mass is 9.76. The van der Waals surface area contributed by atoms with E-state index in [1.807, 2.05) is 17.0 Å². The summed E-state index contributed by atoms with van der Waals surface area (Å²) in [4.78, 5) is 13.6. The number of rotatable bonds is 6. The Morgan fingerprint density at radius 3 is 2.26 bits per heavy atom. The molecule has 0 saturated heterocycles. The van der Waals surface area contributed by atoms with Gasteiger partial charge in [-0.2, -0.15) is 0 Å². The molecule has 0 spiro atoms. The predicted octanol–water partition coefficient (Wildman–Crippen LogP) is 2.67. The van der Waals surface area contributed by atoms with Crippen LogP contribution in [-0.4, -0.2) is 53.4 Å². The van der Waals surface area contributed by atoms with Crippen molar-refractivity contribution >= 4 is 30.8 Å². The van der Waals surface area contributed by atoms with Gasteiger partial charge in [0.2, 0.25) is 0 Å². The molecule has 34 heavy (non-hydrogen) atoms. The maximum Gasteiger partial charge on any atom is 0.261 e. The second-order valence-electron chi connectivity index (χ2n) is 10.3. The molecule has 4 unspecified atom stereocenters. The Morgan fingerprint density at radius 2 is 1.71 bits per heavy atom. The average molecular weight is 476 g/mol. The molecule has 4 N–H and O–H groups in total. The summed E-state index contributed by atoms with van der Waals surface area (Å²) in [6, 6.07) is 21.1. The van der Waals surface area contributed by atoms with Gasteiger partial charge in [-0.3, -0.25) is 0 Å². The second-order valence-corrected chi connectivity index (χ2v) is 14.6. The fourth-order valence-electron chi connectivity index (χ4n) is 5.42. The Labute approximate surface area is 201 Å². The number of aromatic amines is 1. The minimum absolute atomic E-state index is 0.0374. The van der Waals surface area contributed by atoms with Crippen LogP contribution in [0.25, 0.3) is 0 Å². The molecule has 0 amide bonds. The third kappa shape index (κ3) is 3.71. The Balaban J connectivity index is 1.37. The topological polar surface area (TPSA) is 99.8 Å². The van der Waals surface area contributed by atoms with Gasteiger partial charge < -0.3 is 25.2 Å². The van der Waals surface area contributed by atoms with Gasteiger partial charge in [0, 0.05) is 12.5 Å². The number of aliphatic hydroxyl groups excluding tert-OH is 1. The van der Waals surface area contributed by atoms with E-state index in [0.717, 1.165) is 12.1 Å². The van der Waals surface area contributed by atoms with Crippen molar-refractivity contribution in [1.29, 1.82) is 0 Å². The summed E-state index contributed by atoms with van der Waals surface area (Å²) in [5.41, 5.74) is 7.21. The van der Waals surface area contributed by atoms with Crippen LogP contribution in [-0.2, 0) is 4.43 Å². The Bertz CT molecular complexity index is 1110. The standard InChI is InChI=1S/C26H33N5O2Si/c1-26(2,3)34(19-10-6-4-7-11-19,20-12-8-5-9-13-20)33-15-18-14-21(23(18)32)31-17-30-25-22(24(31)27)28-16-29-25/h4-13,16-18,21,23-24,32H,14-15,27H2,1-3H3,(H,28,29). The van der Waals surface area contributed by atoms with Crippen LogP contribution in [0.4, 0.5) is 5.82 Å². The van der Waals surface area contributed by atoms with Crippen molar-refractivity contribution in [2.45, 2.75) is 50.5 Å². The molecule has 5 rings (SSSR count). The summed E-state index contributed by atoms with van der Waals surface area (Å²) in [5.74, 6) is 0.652. The lowest BCUT2D eigenvalue weighted by Crippen LogP contribution is -2.68. The van der Waals surface area contributed by atoms with Gasteiger partial charge >= 0.3 is 0 Å². The van der Waals surface area contributed by atoms with Gasteiger partial charge in [0.05, 0.1) is 30.5 Å². The zero-order valence-electron chi connectivity index (χ0n) is 19.9. The van der Waals surface area contributed by atoms with Crippen LogP contribution in [0, 0.1) is 5.92 Å². The van der Waals surface area contributed by atoms with Crippen molar-refractivity contribution in [3.8, 4) is 0 Å². The second kappa shape index (κ2) is 8.78. The van der Waals surface area contributed by atoms with E-state index in [4.69, 9.17) is 10.2 Å². The van der Waals surface area contributed by atoms with Crippen molar-refractivity contribution < 1.29 is 9.53 Å². The first kappa shape index (κ1) is 23.0. The highest BCUT2D eigenvalue weighted by Crippen LogP contribution is 2.41. The third-order valence-electron chi connectivity index (χ3n) is 7.31. The molecule has 1 aliphatic carbocycles. The Hall–Kier alpha value is -2.78. The molecule has 7 nitrogen and oxygen atoms in total. The number of aromatic nitrogens is 2. The molecule has 1 aromatic heterocycles. The number of H-pyrrole nitrogens is 1. The largest absolute Gasteiger partial charge is 0.407 e. The van der Waals surface area contributed by atoms with Gasteiger partial charge in [-0.1, -0.05) is 81.4 Å². The van der Waals surface area contributed by atoms with Gasteiger partial charge in [-0.25, -0.2) is 9.98 Å². The molecule has 8 heteroatoms. The zero-order valence-corrected chi connectivity index (χ0v) is 20.9. The van der Waals surface area contributed by atoms with E-state index < -0.39 is 20.6 Å². The van der Waals surface area contributed by atoms with Crippen molar-refractivity contribution in [3.05, 3.63) is 72.7 Å². The summed E-state index contributed by atoms with van der Waals surface area (Å²) in [5, 5.41) is 13.5. The first-order valence-corrected chi connectivity index (χ1v) is 13.8. The van der Waals surface area contributed by atoms with Crippen LogP contribution in [0.15, 0.2) is 72.0 Å². The third-order valence-corrected chi connectivity index (χ3v) is 12.3. The van der Waals surface area contributed by atoms with Crippen molar-refractivity contribution in [1.82, 2.24) is 14.9 Å². The van der Waals surface area contributed by atoms with Crippen LogP contribution in [0.3, 0.4) is 0 Å². The van der Waals surface area contributed by atoms with E-state index in [0.29, 0.717) is 12.4 Å². The van der Waals surface area contributed by atoms with Crippen molar-refractivity contribution in [2.75, 3.05) is 6.61 Å². The molecule has 0 radical (unpaired) electrons.